The molecule has 6 heteroatoms. The number of anilines is 1. The Kier molecular flexibility index (Phi) is 5.17. The predicted molar refractivity (Wildman–Crippen MR) is 71.6 cm³/mol. The molecule has 86 valence electrons. The summed E-state index contributed by atoms with van der Waals surface area (Å²) in [6, 6.07) is 6.82. The van der Waals surface area contributed by atoms with Crippen molar-refractivity contribution in [3.05, 3.63) is 34.7 Å². The van der Waals surface area contributed by atoms with E-state index in [2.05, 4.69) is 33.2 Å². The molecule has 0 saturated heterocycles. The van der Waals surface area contributed by atoms with Crippen molar-refractivity contribution in [2.24, 2.45) is 5.29 Å². The fourth-order valence-corrected chi connectivity index (χ4v) is 1.54. The first-order chi connectivity index (χ1) is 7.67. The second-order valence-electron chi connectivity index (χ2n) is 3.19. The molecule has 0 aliphatic rings. The zero-order chi connectivity index (χ0) is 12.0. The summed E-state index contributed by atoms with van der Waals surface area (Å²) in [6.07, 6.45) is 0. The van der Waals surface area contributed by atoms with E-state index in [9.17, 15) is 9.70 Å². The Hall–Kier alpha value is -1.18. The Bertz CT molecular complexity index is 367. The highest BCUT2D eigenvalue weighted by Gasteiger charge is 2.12. The highest BCUT2D eigenvalue weighted by atomic mass is 127. The summed E-state index contributed by atoms with van der Waals surface area (Å²) in [5.74, 6) is 0. The number of rotatable bonds is 4. The summed E-state index contributed by atoms with van der Waals surface area (Å²) in [5, 5.41) is 6.12. The number of hydrogen-bond acceptors (Lipinski definition) is 3. The van der Waals surface area contributed by atoms with Crippen molar-refractivity contribution in [1.29, 1.82) is 0 Å². The molecule has 0 aliphatic carbocycles. The van der Waals surface area contributed by atoms with Gasteiger partial charge in [0.15, 0.2) is 0 Å². The lowest BCUT2D eigenvalue weighted by molar-refractivity contribution is 0.216. The van der Waals surface area contributed by atoms with Crippen LogP contribution in [0.3, 0.4) is 0 Å². The molecule has 1 aromatic carbocycles. The predicted octanol–water partition coefficient (Wildman–Crippen LogP) is 2.95. The Balaban J connectivity index is 2.62. The van der Waals surface area contributed by atoms with Gasteiger partial charge in [-0.25, -0.2) is 4.79 Å². The second kappa shape index (κ2) is 6.41. The zero-order valence-corrected chi connectivity index (χ0v) is 11.0. The lowest BCUT2D eigenvalue weighted by Gasteiger charge is -2.12. The third-order valence-corrected chi connectivity index (χ3v) is 2.41. The van der Waals surface area contributed by atoms with Gasteiger partial charge in [0.25, 0.3) is 0 Å². The number of nitroso groups, excluding NO2 is 1. The Morgan fingerprint density at radius 1 is 1.44 bits per heavy atom. The molecule has 1 N–H and O–H groups in total. The highest BCUT2D eigenvalue weighted by Crippen LogP contribution is 2.09. The number of alkyl halides is 1. The molecule has 0 heterocycles. The van der Waals surface area contributed by atoms with Crippen LogP contribution >= 0.6 is 22.6 Å². The molecule has 5 nitrogen and oxygen atoms in total. The molecule has 0 atom stereocenters. The number of aryl methyl sites for hydroxylation is 1. The maximum atomic E-state index is 11.5. The van der Waals surface area contributed by atoms with Gasteiger partial charge in [0.1, 0.15) is 0 Å². The molecule has 0 unspecified atom stereocenters. The van der Waals surface area contributed by atoms with Gasteiger partial charge < -0.3 is 5.32 Å². The quantitative estimate of drug-likeness (QED) is 0.399. The van der Waals surface area contributed by atoms with Crippen LogP contribution in [-0.4, -0.2) is 22.0 Å². The van der Waals surface area contributed by atoms with Crippen LogP contribution in [0, 0.1) is 11.8 Å². The first-order valence-corrected chi connectivity index (χ1v) is 6.24. The van der Waals surface area contributed by atoms with E-state index in [1.165, 1.54) is 0 Å². The smallest absolute Gasteiger partial charge is 0.306 e. The van der Waals surface area contributed by atoms with Crippen molar-refractivity contribution in [3.63, 3.8) is 0 Å². The first kappa shape index (κ1) is 12.9. The summed E-state index contributed by atoms with van der Waals surface area (Å²) in [7, 11) is 0. The van der Waals surface area contributed by atoms with Crippen LogP contribution in [-0.2, 0) is 0 Å². The number of halogens is 1. The summed E-state index contributed by atoms with van der Waals surface area (Å²) < 4.78 is 0.658. The van der Waals surface area contributed by atoms with E-state index in [0.29, 0.717) is 16.7 Å². The minimum atomic E-state index is -0.504. The normalized spacial score (nSPS) is 9.62. The number of nitrogens with one attached hydrogen (secondary N) is 1. The van der Waals surface area contributed by atoms with Crippen LogP contribution in [0.1, 0.15) is 5.56 Å². The zero-order valence-electron chi connectivity index (χ0n) is 8.81. The summed E-state index contributed by atoms with van der Waals surface area (Å²) >= 11 is 2.07. The fourth-order valence-electron chi connectivity index (χ4n) is 1.08. The largest absolute Gasteiger partial charge is 0.344 e. The van der Waals surface area contributed by atoms with Gasteiger partial charge >= 0.3 is 6.03 Å². The Morgan fingerprint density at radius 2 is 2.06 bits per heavy atom. The third-order valence-electron chi connectivity index (χ3n) is 1.93. The molecule has 0 spiro atoms. The summed E-state index contributed by atoms with van der Waals surface area (Å²) in [5.41, 5.74) is 1.76. The van der Waals surface area contributed by atoms with E-state index >= 15 is 0 Å². The average molecular weight is 333 g/mol. The molecule has 0 aromatic heterocycles. The summed E-state index contributed by atoms with van der Waals surface area (Å²) in [4.78, 5) is 21.9. The number of nitrogens with zero attached hydrogens (tertiary/aromatic N) is 2. The molecule has 0 fully saturated rings. The highest BCUT2D eigenvalue weighted by molar-refractivity contribution is 14.1. The molecule has 1 rings (SSSR count). The lowest BCUT2D eigenvalue weighted by atomic mass is 10.2. The number of amides is 2. The van der Waals surface area contributed by atoms with E-state index in [1.807, 2.05) is 19.1 Å². The number of carbonyl (C=O) groups is 1. The topological polar surface area (TPSA) is 61.8 Å². The molecule has 0 aliphatic heterocycles. The molecule has 1 aromatic rings. The third kappa shape index (κ3) is 3.76. The Labute approximate surface area is 107 Å². The van der Waals surface area contributed by atoms with Gasteiger partial charge in [-0.05, 0) is 19.1 Å². The van der Waals surface area contributed by atoms with Gasteiger partial charge in [-0.1, -0.05) is 40.3 Å². The average Bonchev–Trinajstić information content (AvgIpc) is 2.29. The summed E-state index contributed by atoms with van der Waals surface area (Å²) in [6.45, 7) is 2.27. The van der Waals surface area contributed by atoms with Crippen LogP contribution in [0.25, 0.3) is 0 Å². The van der Waals surface area contributed by atoms with E-state index in [-0.39, 0.29) is 0 Å². The van der Waals surface area contributed by atoms with Gasteiger partial charge in [-0.15, -0.1) is 4.91 Å². The minimum Gasteiger partial charge on any atom is -0.306 e. The van der Waals surface area contributed by atoms with Crippen LogP contribution in [0.5, 0.6) is 0 Å². The number of urea groups is 1. The van der Waals surface area contributed by atoms with Crippen LogP contribution in [0.4, 0.5) is 10.5 Å². The van der Waals surface area contributed by atoms with Crippen molar-refractivity contribution >= 4 is 34.3 Å². The van der Waals surface area contributed by atoms with Crippen molar-refractivity contribution in [3.8, 4) is 0 Å². The first-order valence-electron chi connectivity index (χ1n) is 4.72. The van der Waals surface area contributed by atoms with Crippen LogP contribution in [0.2, 0.25) is 0 Å². The van der Waals surface area contributed by atoms with Crippen LogP contribution < -0.4 is 5.32 Å². The van der Waals surface area contributed by atoms with E-state index in [4.69, 9.17) is 0 Å². The second-order valence-corrected chi connectivity index (χ2v) is 4.27. The van der Waals surface area contributed by atoms with Crippen LogP contribution in [0.15, 0.2) is 29.6 Å². The van der Waals surface area contributed by atoms with Crippen molar-refractivity contribution in [2.45, 2.75) is 6.92 Å². The van der Waals surface area contributed by atoms with Gasteiger partial charge in [0.05, 0.1) is 11.8 Å². The van der Waals surface area contributed by atoms with Crippen molar-refractivity contribution in [1.82, 2.24) is 5.01 Å². The maximum absolute atomic E-state index is 11.5. The van der Waals surface area contributed by atoms with E-state index < -0.39 is 6.03 Å². The fraction of sp³-hybridized carbons (Fsp3) is 0.300. The molecule has 2 amide bonds. The number of carbonyl (C=O) groups excluding carboxylic acids is 1. The number of hydrogen-bond donors (Lipinski definition) is 1. The van der Waals surface area contributed by atoms with Gasteiger partial charge in [0.2, 0.25) is 0 Å². The van der Waals surface area contributed by atoms with Crippen molar-refractivity contribution < 1.29 is 4.79 Å². The van der Waals surface area contributed by atoms with E-state index in [1.54, 1.807) is 12.1 Å². The SMILES string of the molecule is Cc1ccc(NC(=O)N(CCI)N=O)cc1. The lowest BCUT2D eigenvalue weighted by Crippen LogP contribution is -2.31. The molecule has 0 saturated carbocycles. The molecule has 16 heavy (non-hydrogen) atoms. The van der Waals surface area contributed by atoms with E-state index in [0.717, 1.165) is 10.6 Å². The van der Waals surface area contributed by atoms with Gasteiger partial charge in [-0.3, -0.25) is 0 Å². The maximum Gasteiger partial charge on any atom is 0.344 e. The van der Waals surface area contributed by atoms with Gasteiger partial charge in [-0.2, -0.15) is 5.01 Å². The minimum absolute atomic E-state index is 0.307. The standard InChI is InChI=1S/C10H12IN3O2/c1-8-2-4-9(5-3-8)12-10(15)14(13-16)7-6-11/h2-5H,6-7H2,1H3,(H,12,15). The molecule has 0 radical (unpaired) electrons. The Morgan fingerprint density at radius 3 is 2.56 bits per heavy atom. The van der Waals surface area contributed by atoms with Gasteiger partial charge in [0, 0.05) is 10.1 Å². The number of benzene rings is 1. The van der Waals surface area contributed by atoms with Crippen molar-refractivity contribution in [2.75, 3.05) is 16.3 Å². The molecular weight excluding hydrogens is 321 g/mol. The monoisotopic (exact) mass is 333 g/mol. The molecular formula is C10H12IN3O2. The molecule has 0 bridgehead atoms.